The fourth-order valence-electron chi connectivity index (χ4n) is 1.09. The van der Waals surface area contributed by atoms with Gasteiger partial charge in [0.15, 0.2) is 0 Å². The molecule has 0 aromatic carbocycles. The summed E-state index contributed by atoms with van der Waals surface area (Å²) < 4.78 is 5.88. The Hall–Kier alpha value is 1.08. The zero-order chi connectivity index (χ0) is 7.12. The van der Waals surface area contributed by atoms with Gasteiger partial charge in [0, 0.05) is 0 Å². The van der Waals surface area contributed by atoms with E-state index in [1.54, 1.807) is 18.8 Å². The predicted molar refractivity (Wildman–Crippen MR) is 37.5 cm³/mol. The summed E-state index contributed by atoms with van der Waals surface area (Å²) in [6.45, 7) is 6.69. The normalized spacial score (nSPS) is 41.2. The summed E-state index contributed by atoms with van der Waals surface area (Å²) in [5.41, 5.74) is 0.199. The van der Waals surface area contributed by atoms with Gasteiger partial charge in [-0.15, -0.1) is 0 Å². The van der Waals surface area contributed by atoms with Gasteiger partial charge >= 0.3 is 67.2 Å². The maximum atomic E-state index is 5.88. The van der Waals surface area contributed by atoms with Crippen LogP contribution < -0.4 is 0 Å². The first-order valence-electron chi connectivity index (χ1n) is 3.19. The van der Waals surface area contributed by atoms with E-state index in [2.05, 4.69) is 20.5 Å². The van der Waals surface area contributed by atoms with E-state index in [9.17, 15) is 0 Å². The van der Waals surface area contributed by atoms with Crippen LogP contribution in [0.3, 0.4) is 0 Å². The zero-order valence-corrected chi connectivity index (χ0v) is 10.0. The third-order valence-corrected chi connectivity index (χ3v) is 6.25. The van der Waals surface area contributed by atoms with Crippen LogP contribution >= 0.6 is 5.12 Å². The molecule has 1 aliphatic heterocycles. The molecule has 0 aromatic rings. The van der Waals surface area contributed by atoms with Crippen LogP contribution in [-0.4, -0.2) is 18.4 Å². The van der Waals surface area contributed by atoms with Crippen LogP contribution in [0, 0.1) is 0 Å². The van der Waals surface area contributed by atoms with E-state index >= 15 is 0 Å². The minimum absolute atomic E-state index is 0.199. The van der Waals surface area contributed by atoms with Crippen LogP contribution in [0.15, 0.2) is 0 Å². The molecular weight excluding hydrogens is 303 g/mol. The van der Waals surface area contributed by atoms with Crippen molar-refractivity contribution in [1.29, 1.82) is 0 Å². The fraction of sp³-hybridized carbons (Fsp3) is 1.00. The van der Waals surface area contributed by atoms with Crippen molar-refractivity contribution < 1.29 is 23.3 Å². The Balaban J connectivity index is 2.69. The van der Waals surface area contributed by atoms with E-state index in [0.717, 1.165) is 0 Å². The van der Waals surface area contributed by atoms with Gasteiger partial charge in [-0.25, -0.2) is 0 Å². The van der Waals surface area contributed by atoms with Gasteiger partial charge in [0.1, 0.15) is 0 Å². The van der Waals surface area contributed by atoms with E-state index in [-0.39, 0.29) is 5.60 Å². The number of hydrogen-bond acceptors (Lipinski definition) is 1. The predicted octanol–water partition coefficient (Wildman–Crippen LogP) is 2.21. The molecule has 0 saturated carbocycles. The summed E-state index contributed by atoms with van der Waals surface area (Å²) in [6.07, 6.45) is 2.61. The average Bonchev–Trinajstić information content (AvgIpc) is 1.78. The molecule has 1 fully saturated rings. The minimum atomic E-state index is -0.831. The van der Waals surface area contributed by atoms with E-state index in [4.69, 9.17) is 4.52 Å². The SMILES string of the molecule is CC1(C)CC[P](C)(=[W])O1. The van der Waals surface area contributed by atoms with Crippen LogP contribution in [0.1, 0.15) is 20.3 Å². The first-order chi connectivity index (χ1) is 3.91. The maximum absolute atomic E-state index is 5.88. The van der Waals surface area contributed by atoms with Crippen molar-refractivity contribution in [3.63, 3.8) is 0 Å². The molecule has 1 unspecified atom stereocenters. The monoisotopic (exact) mass is 316 g/mol. The molecule has 1 saturated heterocycles. The van der Waals surface area contributed by atoms with Crippen LogP contribution in [0.4, 0.5) is 0 Å². The summed E-state index contributed by atoms with van der Waals surface area (Å²) in [5, 5.41) is -0.831. The first kappa shape index (κ1) is 8.18. The summed E-state index contributed by atoms with van der Waals surface area (Å²) in [5.74, 6) is 0. The van der Waals surface area contributed by atoms with E-state index in [0.29, 0.717) is 0 Å². The topological polar surface area (TPSA) is 9.23 Å². The average molecular weight is 316 g/mol. The van der Waals surface area contributed by atoms with Crippen LogP contribution in [0.25, 0.3) is 0 Å². The van der Waals surface area contributed by atoms with Crippen molar-refractivity contribution in [3.8, 4) is 0 Å². The zero-order valence-electron chi connectivity index (χ0n) is 6.18. The Morgan fingerprint density at radius 1 is 1.56 bits per heavy atom. The van der Waals surface area contributed by atoms with Crippen molar-refractivity contribution >= 4 is 5.12 Å². The molecule has 1 aliphatic rings. The Morgan fingerprint density at radius 2 is 2.11 bits per heavy atom. The van der Waals surface area contributed by atoms with Crippen molar-refractivity contribution in [1.82, 2.24) is 0 Å². The van der Waals surface area contributed by atoms with Gasteiger partial charge in [0.2, 0.25) is 0 Å². The molecule has 1 nitrogen and oxygen atoms in total. The van der Waals surface area contributed by atoms with E-state index < -0.39 is 5.12 Å². The third kappa shape index (κ3) is 2.29. The summed E-state index contributed by atoms with van der Waals surface area (Å²) in [4.78, 5) is 0. The Labute approximate surface area is 67.4 Å². The number of rotatable bonds is 0. The van der Waals surface area contributed by atoms with Gasteiger partial charge < -0.3 is 0 Å². The van der Waals surface area contributed by atoms with Crippen molar-refractivity contribution in [2.24, 2.45) is 0 Å². The molecule has 0 bridgehead atoms. The third-order valence-electron chi connectivity index (χ3n) is 1.56. The second kappa shape index (κ2) is 2.29. The molecule has 0 aliphatic carbocycles. The van der Waals surface area contributed by atoms with Crippen molar-refractivity contribution in [2.75, 3.05) is 12.8 Å². The second-order valence-corrected chi connectivity index (χ2v) is 14.3. The molecule has 3 heteroatoms. The molecular formula is C6H13OPW. The Morgan fingerprint density at radius 3 is 2.22 bits per heavy atom. The van der Waals surface area contributed by atoms with Gasteiger partial charge in [-0.3, -0.25) is 0 Å². The van der Waals surface area contributed by atoms with Crippen molar-refractivity contribution in [3.05, 3.63) is 0 Å². The van der Waals surface area contributed by atoms with Gasteiger partial charge in [-0.1, -0.05) is 0 Å². The standard InChI is InChI=1S/C6H13OP.W/c1-6(2)4-5-8(3)7-6;/h4-5H2,1-3H3;. The quantitative estimate of drug-likeness (QED) is 0.623. The molecule has 1 rings (SSSR count). The van der Waals surface area contributed by atoms with E-state index in [1.807, 2.05) is 0 Å². The van der Waals surface area contributed by atoms with Gasteiger partial charge in [0.25, 0.3) is 0 Å². The molecule has 1 atom stereocenters. The Bertz CT molecular complexity index is 164. The summed E-state index contributed by atoms with van der Waals surface area (Å²) in [7, 11) is 0. The molecule has 0 amide bonds. The second-order valence-electron chi connectivity index (χ2n) is 3.34. The number of hydrogen-bond donors (Lipinski definition) is 0. The summed E-state index contributed by atoms with van der Waals surface area (Å²) in [6, 6.07) is 0. The van der Waals surface area contributed by atoms with Gasteiger partial charge in [0.05, 0.1) is 0 Å². The molecule has 54 valence electrons. The molecule has 0 radical (unpaired) electrons. The summed E-state index contributed by atoms with van der Waals surface area (Å²) >= 11 is 1.67. The fourth-order valence-corrected chi connectivity index (χ4v) is 6.42. The Kier molecular flexibility index (Phi) is 2.08. The molecule has 9 heavy (non-hydrogen) atoms. The van der Waals surface area contributed by atoms with E-state index in [1.165, 1.54) is 12.6 Å². The van der Waals surface area contributed by atoms with Gasteiger partial charge in [-0.05, 0) is 0 Å². The van der Waals surface area contributed by atoms with Crippen molar-refractivity contribution in [2.45, 2.75) is 25.9 Å². The molecule has 0 aromatic heterocycles. The molecule has 0 N–H and O–H groups in total. The van der Waals surface area contributed by atoms with Crippen LogP contribution in [0.5, 0.6) is 0 Å². The van der Waals surface area contributed by atoms with Gasteiger partial charge in [-0.2, -0.15) is 0 Å². The first-order valence-corrected chi connectivity index (χ1v) is 9.38. The van der Waals surface area contributed by atoms with Crippen LogP contribution in [0.2, 0.25) is 0 Å². The molecule has 0 spiro atoms. The molecule has 1 heterocycles. The van der Waals surface area contributed by atoms with Crippen LogP contribution in [-0.2, 0) is 23.3 Å².